The summed E-state index contributed by atoms with van der Waals surface area (Å²) in [5.74, 6) is -1.96. The number of hydrogen-bond acceptors (Lipinski definition) is 5. The number of carbonyl (C=O) groups is 2. The van der Waals surface area contributed by atoms with Gasteiger partial charge in [-0.05, 0) is 6.07 Å². The van der Waals surface area contributed by atoms with Gasteiger partial charge in [0.05, 0.1) is 30.4 Å². The zero-order valence-corrected chi connectivity index (χ0v) is 12.0. The Labute approximate surface area is 126 Å². The average molecular weight is 311 g/mol. The number of amides is 1. The van der Waals surface area contributed by atoms with E-state index in [1.807, 2.05) is 0 Å². The zero-order chi connectivity index (χ0) is 16.5. The van der Waals surface area contributed by atoms with E-state index >= 15 is 0 Å². The second kappa shape index (κ2) is 8.70. The molecule has 1 amide bonds. The highest BCUT2D eigenvalue weighted by molar-refractivity contribution is 5.95. The van der Waals surface area contributed by atoms with Crippen molar-refractivity contribution in [1.29, 1.82) is 0 Å². The molecule has 6 N–H and O–H groups in total. The number of hydrogen-bond donors (Lipinski definition) is 3. The van der Waals surface area contributed by atoms with E-state index < -0.39 is 22.8 Å². The molecule has 0 bridgehead atoms. The number of nitrogens with one attached hydrogen (secondary N) is 1. The standard InChI is InChI=1S/C13H18N4O5/c14-6-3-7-15-10(13(19)20)8-12(18)16-9-4-1-2-5-11(9)17(21)22/h1-2,4-5,10,15H,3,6-8,14H2,(H,16,18)(H,19,20)/p+1/t10-/m0/s1. The van der Waals surface area contributed by atoms with Crippen molar-refractivity contribution in [3.63, 3.8) is 0 Å². The van der Waals surface area contributed by atoms with E-state index in [2.05, 4.69) is 11.1 Å². The lowest BCUT2D eigenvalue weighted by molar-refractivity contribution is -0.684. The molecule has 1 rings (SSSR count). The third-order valence-electron chi connectivity index (χ3n) is 2.99. The fraction of sp³-hybridized carbons (Fsp3) is 0.385. The number of nitrogens with zero attached hydrogens (tertiary/aromatic N) is 1. The van der Waals surface area contributed by atoms with Gasteiger partial charge < -0.3 is 26.3 Å². The lowest BCUT2D eigenvalue weighted by Gasteiger charge is -2.16. The van der Waals surface area contributed by atoms with E-state index in [4.69, 9.17) is 0 Å². The Morgan fingerprint density at radius 1 is 1.36 bits per heavy atom. The number of nitrogens with two attached hydrogens (primary N) is 1. The van der Waals surface area contributed by atoms with Crippen LogP contribution in [0.1, 0.15) is 12.8 Å². The number of benzene rings is 1. The first-order valence-corrected chi connectivity index (χ1v) is 6.82. The zero-order valence-electron chi connectivity index (χ0n) is 12.0. The highest BCUT2D eigenvalue weighted by Crippen LogP contribution is 2.23. The lowest BCUT2D eigenvalue weighted by Crippen LogP contribution is -2.93. The number of quaternary nitrogens is 2. The van der Waals surface area contributed by atoms with Gasteiger partial charge in [0, 0.05) is 12.5 Å². The van der Waals surface area contributed by atoms with Crippen LogP contribution in [0, 0.1) is 10.1 Å². The number of para-hydroxylation sites is 2. The summed E-state index contributed by atoms with van der Waals surface area (Å²) in [5, 5.41) is 25.7. The van der Waals surface area contributed by atoms with Gasteiger partial charge >= 0.3 is 0 Å². The summed E-state index contributed by atoms with van der Waals surface area (Å²) in [7, 11) is 0. The van der Waals surface area contributed by atoms with E-state index in [0.717, 1.165) is 6.42 Å². The topological polar surface area (TPSA) is 157 Å². The molecule has 0 saturated heterocycles. The van der Waals surface area contributed by atoms with Crippen LogP contribution in [0.15, 0.2) is 24.3 Å². The van der Waals surface area contributed by atoms with Gasteiger partial charge in [-0.25, -0.2) is 0 Å². The van der Waals surface area contributed by atoms with Crippen LogP contribution >= 0.6 is 0 Å². The van der Waals surface area contributed by atoms with Crippen molar-refractivity contribution in [2.24, 2.45) is 0 Å². The van der Waals surface area contributed by atoms with Crippen molar-refractivity contribution in [1.82, 2.24) is 0 Å². The van der Waals surface area contributed by atoms with Crippen molar-refractivity contribution in [2.75, 3.05) is 18.4 Å². The van der Waals surface area contributed by atoms with Crippen LogP contribution in [0.25, 0.3) is 0 Å². The lowest BCUT2D eigenvalue weighted by atomic mass is 10.2. The van der Waals surface area contributed by atoms with Gasteiger partial charge in [-0.1, -0.05) is 12.1 Å². The molecule has 120 valence electrons. The summed E-state index contributed by atoms with van der Waals surface area (Å²) in [4.78, 5) is 33.1. The van der Waals surface area contributed by atoms with Gasteiger partial charge in [0.25, 0.3) is 5.69 Å². The van der Waals surface area contributed by atoms with Gasteiger partial charge in [0.2, 0.25) is 5.91 Å². The highest BCUT2D eigenvalue weighted by Gasteiger charge is 2.20. The molecule has 1 atom stereocenters. The smallest absolute Gasteiger partial charge is 0.292 e. The van der Waals surface area contributed by atoms with E-state index in [9.17, 15) is 24.8 Å². The molecule has 1 aromatic rings. The molecular formula is C13H19N4O5+. The summed E-state index contributed by atoms with van der Waals surface area (Å²) in [6.07, 6.45) is 0.390. The minimum Gasteiger partial charge on any atom is -0.544 e. The van der Waals surface area contributed by atoms with E-state index in [1.54, 1.807) is 6.07 Å². The number of carbonyl (C=O) groups excluding carboxylic acids is 2. The van der Waals surface area contributed by atoms with Crippen LogP contribution in [-0.4, -0.2) is 35.9 Å². The third kappa shape index (κ3) is 5.46. The first-order chi connectivity index (χ1) is 10.5. The first-order valence-electron chi connectivity index (χ1n) is 6.82. The normalized spacial score (nSPS) is 11.7. The van der Waals surface area contributed by atoms with Gasteiger partial charge in [0.1, 0.15) is 11.7 Å². The number of anilines is 1. The molecule has 0 aliphatic heterocycles. The van der Waals surface area contributed by atoms with Crippen molar-refractivity contribution in [2.45, 2.75) is 18.9 Å². The fourth-order valence-corrected chi connectivity index (χ4v) is 1.87. The molecule has 0 radical (unpaired) electrons. The highest BCUT2D eigenvalue weighted by atomic mass is 16.6. The van der Waals surface area contributed by atoms with Crippen LogP contribution < -0.4 is 21.5 Å². The molecular weight excluding hydrogens is 292 g/mol. The second-order valence-electron chi connectivity index (χ2n) is 4.68. The largest absolute Gasteiger partial charge is 0.544 e. The second-order valence-corrected chi connectivity index (χ2v) is 4.68. The first kappa shape index (κ1) is 17.5. The summed E-state index contributed by atoms with van der Waals surface area (Å²) in [6.45, 7) is 1.18. The fourth-order valence-electron chi connectivity index (χ4n) is 1.87. The van der Waals surface area contributed by atoms with Gasteiger partial charge in [-0.15, -0.1) is 0 Å². The maximum Gasteiger partial charge on any atom is 0.292 e. The molecule has 0 fully saturated rings. The van der Waals surface area contributed by atoms with Crippen LogP contribution in [0.4, 0.5) is 11.4 Å². The average Bonchev–Trinajstić information content (AvgIpc) is 2.46. The number of carboxylic acid groups (broad SMARTS) is 1. The van der Waals surface area contributed by atoms with Gasteiger partial charge in [-0.2, -0.15) is 0 Å². The molecule has 9 nitrogen and oxygen atoms in total. The summed E-state index contributed by atoms with van der Waals surface area (Å²) < 4.78 is 0. The van der Waals surface area contributed by atoms with Gasteiger partial charge in [0.15, 0.2) is 0 Å². The predicted octanol–water partition coefficient (Wildman–Crippen LogP) is -2.76. The van der Waals surface area contributed by atoms with Crippen molar-refractivity contribution in [3.05, 3.63) is 34.4 Å². The summed E-state index contributed by atoms with van der Waals surface area (Å²) in [5.41, 5.74) is 3.43. The molecule has 0 aromatic heterocycles. The van der Waals surface area contributed by atoms with Crippen molar-refractivity contribution < 1.29 is 30.7 Å². The Morgan fingerprint density at radius 2 is 2.05 bits per heavy atom. The minimum absolute atomic E-state index is 0.0346. The number of aliphatic carboxylic acids is 1. The Morgan fingerprint density at radius 3 is 2.64 bits per heavy atom. The number of carboxylic acids is 1. The van der Waals surface area contributed by atoms with Crippen LogP contribution in [0.2, 0.25) is 0 Å². The molecule has 0 heterocycles. The quantitative estimate of drug-likeness (QED) is 0.256. The molecule has 0 unspecified atom stereocenters. The number of rotatable bonds is 9. The SMILES string of the molecule is [NH3+]CCC[NH2+][C@@H](CC(=O)Nc1ccccc1[N+](=O)[O-])C(=O)[O-]. The molecule has 22 heavy (non-hydrogen) atoms. The maximum atomic E-state index is 11.9. The van der Waals surface area contributed by atoms with Crippen LogP contribution in [0.5, 0.6) is 0 Å². The molecule has 1 aromatic carbocycles. The molecule has 0 aliphatic rings. The van der Waals surface area contributed by atoms with Gasteiger partial charge in [-0.3, -0.25) is 14.9 Å². The summed E-state index contributed by atoms with van der Waals surface area (Å²) in [6, 6.07) is 4.63. The Hall–Kier alpha value is -2.52. The van der Waals surface area contributed by atoms with Crippen LogP contribution in [0.3, 0.4) is 0 Å². The number of nitro benzene ring substituents is 1. The van der Waals surface area contributed by atoms with Crippen molar-refractivity contribution >= 4 is 23.3 Å². The maximum absolute atomic E-state index is 11.9. The van der Waals surface area contributed by atoms with Crippen molar-refractivity contribution in [3.8, 4) is 0 Å². The molecule has 0 spiro atoms. The Kier molecular flexibility index (Phi) is 6.93. The molecule has 0 aliphatic carbocycles. The number of nitro groups is 1. The van der Waals surface area contributed by atoms with E-state index in [1.165, 1.54) is 23.5 Å². The minimum atomic E-state index is -1.35. The van der Waals surface area contributed by atoms with E-state index in [0.29, 0.717) is 13.1 Å². The van der Waals surface area contributed by atoms with E-state index in [-0.39, 0.29) is 17.8 Å². The predicted molar refractivity (Wildman–Crippen MR) is 74.3 cm³/mol. The molecule has 0 saturated carbocycles. The monoisotopic (exact) mass is 311 g/mol. The Balaban J connectivity index is 2.68. The molecule has 9 heteroatoms. The third-order valence-corrected chi connectivity index (χ3v) is 2.99. The Bertz CT molecular complexity index is 549. The van der Waals surface area contributed by atoms with Crippen LogP contribution in [-0.2, 0) is 9.59 Å². The summed E-state index contributed by atoms with van der Waals surface area (Å²) >= 11 is 0.